The predicted molar refractivity (Wildman–Crippen MR) is 89.9 cm³/mol. The molecule has 0 radical (unpaired) electrons. The third kappa shape index (κ3) is 3.25. The summed E-state index contributed by atoms with van der Waals surface area (Å²) < 4.78 is 11.2. The molecule has 1 aliphatic heterocycles. The zero-order valence-electron chi connectivity index (χ0n) is 13.3. The molecule has 0 saturated heterocycles. The van der Waals surface area contributed by atoms with Crippen LogP contribution < -0.4 is 9.64 Å². The number of hydrogen-bond acceptors (Lipinski definition) is 5. The molecule has 0 aliphatic carbocycles. The van der Waals surface area contributed by atoms with Gasteiger partial charge in [0.05, 0.1) is 24.5 Å². The first-order valence-corrected chi connectivity index (χ1v) is 8.51. The molecule has 1 atom stereocenters. The van der Waals surface area contributed by atoms with Crippen LogP contribution in [-0.2, 0) is 11.3 Å². The predicted octanol–water partition coefficient (Wildman–Crippen LogP) is 3.95. The van der Waals surface area contributed by atoms with Crippen LogP contribution in [0.4, 0.5) is 5.69 Å². The summed E-state index contributed by atoms with van der Waals surface area (Å²) in [7, 11) is 1.72. The van der Waals surface area contributed by atoms with Crippen molar-refractivity contribution in [1.29, 1.82) is 0 Å². The van der Waals surface area contributed by atoms with Gasteiger partial charge in [0.15, 0.2) is 0 Å². The molecule has 22 heavy (non-hydrogen) atoms. The average Bonchev–Trinajstić information content (AvgIpc) is 2.90. The monoisotopic (exact) mass is 318 g/mol. The van der Waals surface area contributed by atoms with Crippen LogP contribution in [0.3, 0.4) is 0 Å². The molecular weight excluding hydrogens is 296 g/mol. The van der Waals surface area contributed by atoms with Crippen LogP contribution in [-0.4, -0.2) is 25.2 Å². The number of anilines is 1. The summed E-state index contributed by atoms with van der Waals surface area (Å²) in [6.07, 6.45) is 1.08. The van der Waals surface area contributed by atoms with Gasteiger partial charge >= 0.3 is 0 Å². The van der Waals surface area contributed by atoms with Crippen molar-refractivity contribution in [1.82, 2.24) is 4.98 Å². The van der Waals surface area contributed by atoms with Gasteiger partial charge in [-0.15, -0.1) is 11.3 Å². The number of hydrogen-bond donors (Lipinski definition) is 0. The van der Waals surface area contributed by atoms with Crippen molar-refractivity contribution in [2.75, 3.05) is 25.2 Å². The van der Waals surface area contributed by atoms with E-state index in [2.05, 4.69) is 35.4 Å². The SMILES string of the molecule is COC(C)c1nc(CN2CCCOc3ccc(C)cc32)cs1. The molecule has 0 spiro atoms. The third-order valence-electron chi connectivity index (χ3n) is 3.91. The number of benzene rings is 1. The topological polar surface area (TPSA) is 34.6 Å². The Hall–Kier alpha value is -1.59. The van der Waals surface area contributed by atoms with Crippen molar-refractivity contribution in [3.63, 3.8) is 0 Å². The summed E-state index contributed by atoms with van der Waals surface area (Å²) in [5.74, 6) is 0.976. The van der Waals surface area contributed by atoms with E-state index in [0.717, 1.165) is 42.6 Å². The standard InChI is InChI=1S/C17H22N2O2S/c1-12-5-6-16-15(9-12)19(7-4-8-21-16)10-14-11-22-17(18-14)13(2)20-3/h5-6,9,11,13H,4,7-8,10H2,1-3H3. The van der Waals surface area contributed by atoms with Crippen molar-refractivity contribution >= 4 is 17.0 Å². The summed E-state index contributed by atoms with van der Waals surface area (Å²) in [5, 5.41) is 3.17. The molecule has 1 unspecified atom stereocenters. The van der Waals surface area contributed by atoms with Gasteiger partial charge < -0.3 is 14.4 Å². The molecule has 0 fully saturated rings. The molecule has 118 valence electrons. The lowest BCUT2D eigenvalue weighted by atomic mass is 10.2. The number of methoxy groups -OCH3 is 1. The maximum absolute atomic E-state index is 5.85. The fourth-order valence-electron chi connectivity index (χ4n) is 2.60. The van der Waals surface area contributed by atoms with Gasteiger partial charge in [0.25, 0.3) is 0 Å². The highest BCUT2D eigenvalue weighted by Gasteiger charge is 2.18. The van der Waals surface area contributed by atoms with Crippen LogP contribution in [0.15, 0.2) is 23.6 Å². The molecule has 2 aromatic rings. The minimum atomic E-state index is 0.0562. The second kappa shape index (κ2) is 6.67. The summed E-state index contributed by atoms with van der Waals surface area (Å²) in [5.41, 5.74) is 3.52. The first kappa shape index (κ1) is 15.3. The minimum Gasteiger partial charge on any atom is -0.491 e. The van der Waals surface area contributed by atoms with Gasteiger partial charge in [-0.05, 0) is 38.0 Å². The van der Waals surface area contributed by atoms with Crippen LogP contribution in [0.1, 0.15) is 35.7 Å². The highest BCUT2D eigenvalue weighted by Crippen LogP contribution is 2.33. The largest absolute Gasteiger partial charge is 0.491 e. The molecule has 3 rings (SSSR count). The highest BCUT2D eigenvalue weighted by molar-refractivity contribution is 7.09. The first-order chi connectivity index (χ1) is 10.7. The van der Waals surface area contributed by atoms with Crippen molar-refractivity contribution < 1.29 is 9.47 Å². The zero-order chi connectivity index (χ0) is 15.5. The first-order valence-electron chi connectivity index (χ1n) is 7.63. The van der Waals surface area contributed by atoms with Gasteiger partial charge in [0, 0.05) is 19.0 Å². The van der Waals surface area contributed by atoms with Crippen molar-refractivity contribution in [3.8, 4) is 5.75 Å². The van der Waals surface area contributed by atoms with Crippen LogP contribution in [0, 0.1) is 6.92 Å². The molecule has 0 saturated carbocycles. The van der Waals surface area contributed by atoms with Crippen LogP contribution in [0.5, 0.6) is 5.75 Å². The van der Waals surface area contributed by atoms with E-state index in [1.165, 1.54) is 11.3 Å². The fraction of sp³-hybridized carbons (Fsp3) is 0.471. The van der Waals surface area contributed by atoms with E-state index >= 15 is 0 Å². The van der Waals surface area contributed by atoms with Gasteiger partial charge in [-0.2, -0.15) is 0 Å². The van der Waals surface area contributed by atoms with E-state index in [1.807, 2.05) is 6.92 Å². The molecule has 5 heteroatoms. The maximum atomic E-state index is 5.85. The smallest absolute Gasteiger partial charge is 0.142 e. The molecule has 0 bridgehead atoms. The van der Waals surface area contributed by atoms with Gasteiger partial charge in [-0.1, -0.05) is 6.07 Å². The van der Waals surface area contributed by atoms with E-state index in [0.29, 0.717) is 0 Å². The van der Waals surface area contributed by atoms with E-state index in [4.69, 9.17) is 14.5 Å². The number of thiazole rings is 1. The van der Waals surface area contributed by atoms with E-state index < -0.39 is 0 Å². The third-order valence-corrected chi connectivity index (χ3v) is 4.96. The summed E-state index contributed by atoms with van der Waals surface area (Å²) >= 11 is 1.67. The average molecular weight is 318 g/mol. The maximum Gasteiger partial charge on any atom is 0.142 e. The Kier molecular flexibility index (Phi) is 4.64. The molecule has 2 heterocycles. The van der Waals surface area contributed by atoms with Gasteiger partial charge in [0.1, 0.15) is 16.9 Å². The van der Waals surface area contributed by atoms with E-state index in [9.17, 15) is 0 Å². The normalized spacial score (nSPS) is 15.9. The number of rotatable bonds is 4. The lowest BCUT2D eigenvalue weighted by Crippen LogP contribution is -2.23. The Labute approximate surface area is 135 Å². The molecule has 4 nitrogen and oxygen atoms in total. The van der Waals surface area contributed by atoms with Crippen molar-refractivity contribution in [2.45, 2.75) is 32.9 Å². The lowest BCUT2D eigenvalue weighted by Gasteiger charge is -2.23. The van der Waals surface area contributed by atoms with Crippen molar-refractivity contribution in [3.05, 3.63) is 39.8 Å². The zero-order valence-corrected chi connectivity index (χ0v) is 14.2. The minimum absolute atomic E-state index is 0.0562. The van der Waals surface area contributed by atoms with Crippen LogP contribution in [0.2, 0.25) is 0 Å². The van der Waals surface area contributed by atoms with Crippen LogP contribution in [0.25, 0.3) is 0 Å². The Morgan fingerprint density at radius 2 is 2.32 bits per heavy atom. The molecule has 0 amide bonds. The Balaban J connectivity index is 1.83. The Bertz CT molecular complexity index is 641. The Morgan fingerprint density at radius 1 is 1.45 bits per heavy atom. The van der Waals surface area contributed by atoms with Gasteiger partial charge in [0.2, 0.25) is 0 Å². The second-order valence-electron chi connectivity index (χ2n) is 5.65. The number of nitrogens with zero attached hydrogens (tertiary/aromatic N) is 2. The lowest BCUT2D eigenvalue weighted by molar-refractivity contribution is 0.119. The number of fused-ring (bicyclic) bond motifs is 1. The molecule has 1 aliphatic rings. The Morgan fingerprint density at radius 3 is 3.14 bits per heavy atom. The summed E-state index contributed by atoms with van der Waals surface area (Å²) in [6.45, 7) is 6.72. The van der Waals surface area contributed by atoms with Crippen LogP contribution >= 0.6 is 11.3 Å². The van der Waals surface area contributed by atoms with Gasteiger partial charge in [-0.25, -0.2) is 4.98 Å². The quantitative estimate of drug-likeness (QED) is 0.855. The van der Waals surface area contributed by atoms with E-state index in [-0.39, 0.29) is 6.10 Å². The molecular formula is C17H22N2O2S. The summed E-state index contributed by atoms with van der Waals surface area (Å²) in [4.78, 5) is 7.08. The van der Waals surface area contributed by atoms with E-state index in [1.54, 1.807) is 18.4 Å². The molecule has 0 N–H and O–H groups in total. The van der Waals surface area contributed by atoms with Gasteiger partial charge in [-0.3, -0.25) is 0 Å². The molecule has 1 aromatic heterocycles. The van der Waals surface area contributed by atoms with Crippen molar-refractivity contribution in [2.24, 2.45) is 0 Å². The number of aryl methyl sites for hydroxylation is 1. The number of aromatic nitrogens is 1. The highest BCUT2D eigenvalue weighted by atomic mass is 32.1. The summed E-state index contributed by atoms with van der Waals surface area (Å²) in [6, 6.07) is 6.37. The fourth-order valence-corrected chi connectivity index (χ4v) is 3.44. The number of ether oxygens (including phenoxy) is 2. The second-order valence-corrected chi connectivity index (χ2v) is 6.54. The molecule has 1 aromatic carbocycles.